The third-order valence-corrected chi connectivity index (χ3v) is 7.01. The number of nitrogens with zero attached hydrogens (tertiary/aromatic N) is 3. The summed E-state index contributed by atoms with van der Waals surface area (Å²) < 4.78 is 28.6. The van der Waals surface area contributed by atoms with Crippen molar-refractivity contribution in [3.8, 4) is 23.0 Å². The van der Waals surface area contributed by atoms with Crippen LogP contribution in [0.3, 0.4) is 0 Å². The summed E-state index contributed by atoms with van der Waals surface area (Å²) in [6, 6.07) is 6.99. The molecule has 1 aromatic heterocycles. The minimum absolute atomic E-state index is 0.0553. The van der Waals surface area contributed by atoms with Crippen molar-refractivity contribution >= 4 is 29.1 Å². The molecule has 1 atom stereocenters. The first-order valence-electron chi connectivity index (χ1n) is 11.9. The third kappa shape index (κ3) is 4.72. The number of thiazole rings is 1. The van der Waals surface area contributed by atoms with E-state index in [1.807, 2.05) is 13.8 Å². The van der Waals surface area contributed by atoms with Crippen LogP contribution in [0.2, 0.25) is 0 Å². The highest BCUT2D eigenvalue weighted by Crippen LogP contribution is 2.38. The molecule has 0 amide bonds. The molecule has 0 N–H and O–H groups in total. The van der Waals surface area contributed by atoms with Crippen molar-refractivity contribution < 1.29 is 33.4 Å². The summed E-state index contributed by atoms with van der Waals surface area (Å²) >= 11 is 1.04. The number of carbonyl (C=O) groups is 1. The van der Waals surface area contributed by atoms with Crippen molar-refractivity contribution in [2.24, 2.45) is 4.99 Å². The van der Waals surface area contributed by atoms with Crippen molar-refractivity contribution in [3.05, 3.63) is 83.0 Å². The summed E-state index contributed by atoms with van der Waals surface area (Å²) in [5, 5.41) is 11.7. The molecule has 0 saturated carbocycles. The van der Waals surface area contributed by atoms with Gasteiger partial charge in [0, 0.05) is 6.20 Å². The first-order valence-corrected chi connectivity index (χ1v) is 12.7. The predicted molar refractivity (Wildman–Crippen MR) is 139 cm³/mol. The Hall–Kier alpha value is -4.65. The van der Waals surface area contributed by atoms with Crippen molar-refractivity contribution in [1.82, 2.24) is 4.57 Å². The van der Waals surface area contributed by atoms with E-state index in [9.17, 15) is 19.7 Å². The van der Waals surface area contributed by atoms with Gasteiger partial charge in [0.1, 0.15) is 0 Å². The van der Waals surface area contributed by atoms with E-state index in [1.54, 1.807) is 18.2 Å². The summed E-state index contributed by atoms with van der Waals surface area (Å²) in [5.41, 5.74) is 0.132. The molecular weight excluding hydrogens is 530 g/mol. The van der Waals surface area contributed by atoms with Crippen LogP contribution < -0.4 is 33.8 Å². The second-order valence-corrected chi connectivity index (χ2v) is 9.28. The molecule has 3 aromatic rings. The highest BCUT2D eigenvalue weighted by Gasteiger charge is 2.32. The molecule has 0 bridgehead atoms. The van der Waals surface area contributed by atoms with E-state index < -0.39 is 22.5 Å². The van der Waals surface area contributed by atoms with Crippen LogP contribution in [0.5, 0.6) is 23.0 Å². The largest absolute Gasteiger partial charge is 0.490 e. The number of ether oxygens (including phenoxy) is 5. The molecule has 0 saturated heterocycles. The van der Waals surface area contributed by atoms with Crippen LogP contribution in [0.4, 0.5) is 5.69 Å². The van der Waals surface area contributed by atoms with Crippen molar-refractivity contribution in [2.45, 2.75) is 19.9 Å². The van der Waals surface area contributed by atoms with Crippen molar-refractivity contribution in [2.75, 3.05) is 27.1 Å². The zero-order valence-electron chi connectivity index (χ0n) is 21.2. The fraction of sp³-hybridized carbons (Fsp3) is 0.269. The van der Waals surface area contributed by atoms with Gasteiger partial charge in [0.25, 0.3) is 11.2 Å². The smallest absolute Gasteiger partial charge is 0.337 e. The molecule has 39 heavy (non-hydrogen) atoms. The van der Waals surface area contributed by atoms with Crippen LogP contribution in [-0.2, 0) is 9.53 Å². The monoisotopic (exact) mass is 553 g/mol. The second kappa shape index (κ2) is 10.6. The quantitative estimate of drug-likeness (QED) is 0.234. The highest BCUT2D eigenvalue weighted by molar-refractivity contribution is 7.07. The summed E-state index contributed by atoms with van der Waals surface area (Å²) in [6.45, 7) is 4.43. The molecule has 5 rings (SSSR count). The predicted octanol–water partition coefficient (Wildman–Crippen LogP) is 2.45. The zero-order valence-corrected chi connectivity index (χ0v) is 22.0. The average Bonchev–Trinajstić information content (AvgIpc) is 3.52. The maximum absolute atomic E-state index is 13.8. The number of carbonyl (C=O) groups excluding carboxylic acids is 1. The molecule has 0 spiro atoms. The molecule has 0 fully saturated rings. The highest BCUT2D eigenvalue weighted by atomic mass is 32.1. The van der Waals surface area contributed by atoms with Crippen LogP contribution in [0.25, 0.3) is 6.08 Å². The molecule has 3 heterocycles. The Morgan fingerprint density at radius 2 is 1.90 bits per heavy atom. The maximum atomic E-state index is 13.8. The van der Waals surface area contributed by atoms with E-state index in [0.717, 1.165) is 11.3 Å². The van der Waals surface area contributed by atoms with Gasteiger partial charge in [-0.3, -0.25) is 19.5 Å². The lowest BCUT2D eigenvalue weighted by molar-refractivity contribution is -0.385. The lowest BCUT2D eigenvalue weighted by Gasteiger charge is -2.23. The summed E-state index contributed by atoms with van der Waals surface area (Å²) in [5.74, 6) is 0.911. The fourth-order valence-electron chi connectivity index (χ4n) is 4.35. The van der Waals surface area contributed by atoms with Crippen LogP contribution >= 0.6 is 11.3 Å². The van der Waals surface area contributed by atoms with Crippen LogP contribution in [0.15, 0.2) is 51.9 Å². The van der Waals surface area contributed by atoms with E-state index in [2.05, 4.69) is 4.99 Å². The molecule has 0 radical (unpaired) electrons. The number of hydrogen-bond acceptors (Lipinski definition) is 11. The normalized spacial score (nSPS) is 15.7. The number of nitro benzene ring substituents is 1. The Balaban J connectivity index is 1.69. The number of benzene rings is 2. The molecule has 0 unspecified atom stereocenters. The Labute approximate surface area is 225 Å². The fourth-order valence-corrected chi connectivity index (χ4v) is 5.31. The number of methoxy groups -OCH3 is 1. The van der Waals surface area contributed by atoms with Gasteiger partial charge in [0.2, 0.25) is 6.79 Å². The SMILES string of the molecule is CCOc1ccc([C@H]2C(C(=O)OC)=CN=c3s/c(=C/c4cc5c(cc4[N+](=O)[O-])OCO5)c(=O)n32)cc1OCC. The minimum atomic E-state index is -0.891. The van der Waals surface area contributed by atoms with E-state index in [-0.39, 0.29) is 33.9 Å². The standard InChI is InChI=1S/C26H23N3O9S/c1-4-35-18-7-6-14(8-19(18)36-5-2)23-16(25(31)34-3)12-27-26-28(23)24(30)22(39-26)10-15-9-20-21(38-13-37-20)11-17(15)29(32)33/h6-12,23H,4-5,13H2,1-3H3/b22-10+/t23-/m0/s1. The lowest BCUT2D eigenvalue weighted by Crippen LogP contribution is -2.39. The van der Waals surface area contributed by atoms with Gasteiger partial charge >= 0.3 is 5.97 Å². The van der Waals surface area contributed by atoms with Gasteiger partial charge in [-0.05, 0) is 43.7 Å². The molecule has 0 aliphatic carbocycles. The van der Waals surface area contributed by atoms with Crippen LogP contribution in [0.1, 0.15) is 31.0 Å². The number of esters is 1. The average molecular weight is 554 g/mol. The van der Waals surface area contributed by atoms with Crippen molar-refractivity contribution in [3.63, 3.8) is 0 Å². The zero-order chi connectivity index (χ0) is 27.7. The van der Waals surface area contributed by atoms with Crippen molar-refractivity contribution in [1.29, 1.82) is 0 Å². The Morgan fingerprint density at radius 3 is 2.59 bits per heavy atom. The van der Waals surface area contributed by atoms with E-state index in [0.29, 0.717) is 40.8 Å². The minimum Gasteiger partial charge on any atom is -0.490 e. The molecule has 202 valence electrons. The van der Waals surface area contributed by atoms with Gasteiger partial charge in [-0.1, -0.05) is 17.4 Å². The first-order chi connectivity index (χ1) is 18.9. The second-order valence-electron chi connectivity index (χ2n) is 8.27. The molecule has 2 aromatic carbocycles. The number of aromatic nitrogens is 1. The van der Waals surface area contributed by atoms with Gasteiger partial charge in [0.15, 0.2) is 27.8 Å². The van der Waals surface area contributed by atoms with Crippen LogP contribution in [0, 0.1) is 10.1 Å². The summed E-state index contributed by atoms with van der Waals surface area (Å²) in [7, 11) is 1.24. The molecule has 13 heteroatoms. The number of rotatable bonds is 8. The Bertz CT molecular complexity index is 1690. The van der Waals surface area contributed by atoms with Crippen LogP contribution in [-0.4, -0.2) is 42.6 Å². The first kappa shape index (κ1) is 26.0. The van der Waals surface area contributed by atoms with Gasteiger partial charge in [-0.25, -0.2) is 9.79 Å². The number of fused-ring (bicyclic) bond motifs is 2. The number of nitro groups is 1. The Morgan fingerprint density at radius 1 is 1.18 bits per heavy atom. The van der Waals surface area contributed by atoms with Gasteiger partial charge in [0.05, 0.1) is 53.0 Å². The third-order valence-electron chi connectivity index (χ3n) is 6.01. The number of hydrogen-bond donors (Lipinski definition) is 0. The lowest BCUT2D eigenvalue weighted by atomic mass is 9.97. The topological polar surface area (TPSA) is 141 Å². The van der Waals surface area contributed by atoms with E-state index in [1.165, 1.54) is 36.1 Å². The van der Waals surface area contributed by atoms with Gasteiger partial charge < -0.3 is 23.7 Å². The molecule has 2 aliphatic heterocycles. The molecular formula is C26H23N3O9S. The van der Waals surface area contributed by atoms with E-state index in [4.69, 9.17) is 23.7 Å². The summed E-state index contributed by atoms with van der Waals surface area (Å²) in [6.07, 6.45) is 2.78. The molecule has 2 aliphatic rings. The van der Waals surface area contributed by atoms with Gasteiger partial charge in [-0.15, -0.1) is 0 Å². The maximum Gasteiger partial charge on any atom is 0.337 e. The van der Waals surface area contributed by atoms with Gasteiger partial charge in [-0.2, -0.15) is 0 Å². The Kier molecular flexibility index (Phi) is 7.07. The molecule has 12 nitrogen and oxygen atoms in total. The summed E-state index contributed by atoms with van der Waals surface area (Å²) in [4.78, 5) is 42.3. The van der Waals surface area contributed by atoms with E-state index >= 15 is 0 Å².